The predicted molar refractivity (Wildman–Crippen MR) is 107 cm³/mol. The predicted octanol–water partition coefficient (Wildman–Crippen LogP) is 2.53. The summed E-state index contributed by atoms with van der Waals surface area (Å²) in [7, 11) is 1.85. The van der Waals surface area contributed by atoms with Crippen LogP contribution in [0.2, 0.25) is 5.02 Å². The molecule has 0 saturated carbocycles. The second-order valence-corrected chi connectivity index (χ2v) is 6.36. The first kappa shape index (κ1) is 24.4. The molecular formula is C17H28Cl3N3O2. The lowest BCUT2D eigenvalue weighted by atomic mass is 10.0. The molecule has 0 spiro atoms. The van der Waals surface area contributed by atoms with E-state index in [4.69, 9.17) is 16.3 Å². The van der Waals surface area contributed by atoms with Gasteiger partial charge in [0.25, 0.3) is 0 Å². The molecule has 5 nitrogen and oxygen atoms in total. The molecular weight excluding hydrogens is 385 g/mol. The van der Waals surface area contributed by atoms with Crippen molar-refractivity contribution in [3.8, 4) is 0 Å². The number of ether oxygens (including phenoxy) is 1. The normalized spacial score (nSPS) is 16.9. The zero-order valence-electron chi connectivity index (χ0n) is 14.7. The van der Waals surface area contributed by atoms with Crippen LogP contribution >= 0.6 is 36.4 Å². The molecule has 25 heavy (non-hydrogen) atoms. The second kappa shape index (κ2) is 12.7. The average Bonchev–Trinajstić information content (AvgIpc) is 2.56. The van der Waals surface area contributed by atoms with Gasteiger partial charge in [0.1, 0.15) is 0 Å². The number of nitrogens with zero attached hydrogens (tertiary/aromatic N) is 1. The Bertz CT molecular complexity index is 514. The number of nitrogens with one attached hydrogen (secondary N) is 2. The van der Waals surface area contributed by atoms with Gasteiger partial charge >= 0.3 is 0 Å². The van der Waals surface area contributed by atoms with Gasteiger partial charge in [0.15, 0.2) is 0 Å². The monoisotopic (exact) mass is 411 g/mol. The Morgan fingerprint density at radius 1 is 1.28 bits per heavy atom. The van der Waals surface area contributed by atoms with Crippen LogP contribution in [0.1, 0.15) is 18.5 Å². The summed E-state index contributed by atoms with van der Waals surface area (Å²) in [4.78, 5) is 14.5. The Hall–Kier alpha value is -0.560. The molecule has 144 valence electrons. The van der Waals surface area contributed by atoms with Crippen LogP contribution in [0.25, 0.3) is 0 Å². The Morgan fingerprint density at radius 2 is 1.96 bits per heavy atom. The van der Waals surface area contributed by atoms with E-state index in [1.165, 1.54) is 0 Å². The van der Waals surface area contributed by atoms with Crippen LogP contribution in [-0.2, 0) is 9.53 Å². The standard InChI is InChI=1S/C17H26ClN3O2.2ClH/c1-13(11-19-2)17(22)20-12-16(21-6-8-23-9-7-21)14-4-3-5-15(18)10-14;;/h3-5,10,13,16,19H,6-9,11-12H2,1-2H3,(H,20,22);2*1H. The van der Waals surface area contributed by atoms with Crippen molar-refractivity contribution >= 4 is 42.3 Å². The first-order valence-electron chi connectivity index (χ1n) is 8.11. The lowest BCUT2D eigenvalue weighted by molar-refractivity contribution is -0.124. The summed E-state index contributed by atoms with van der Waals surface area (Å²) < 4.78 is 5.44. The molecule has 1 fully saturated rings. The first-order chi connectivity index (χ1) is 11.1. The maximum Gasteiger partial charge on any atom is 0.224 e. The van der Waals surface area contributed by atoms with Gasteiger partial charge in [-0.2, -0.15) is 0 Å². The number of carbonyl (C=O) groups is 1. The number of morpholine rings is 1. The number of halogens is 3. The molecule has 2 rings (SSSR count). The highest BCUT2D eigenvalue weighted by Crippen LogP contribution is 2.24. The van der Waals surface area contributed by atoms with Crippen molar-refractivity contribution in [3.63, 3.8) is 0 Å². The molecule has 1 heterocycles. The van der Waals surface area contributed by atoms with Crippen LogP contribution in [-0.4, -0.2) is 57.2 Å². The van der Waals surface area contributed by atoms with Gasteiger partial charge < -0.3 is 15.4 Å². The van der Waals surface area contributed by atoms with Gasteiger partial charge in [0, 0.05) is 37.1 Å². The molecule has 0 bridgehead atoms. The fourth-order valence-corrected chi connectivity index (χ4v) is 3.03. The Morgan fingerprint density at radius 3 is 2.56 bits per heavy atom. The summed E-state index contributed by atoms with van der Waals surface area (Å²) in [5, 5.41) is 6.83. The largest absolute Gasteiger partial charge is 0.379 e. The third-order valence-corrected chi connectivity index (χ3v) is 4.38. The third-order valence-electron chi connectivity index (χ3n) is 4.15. The molecule has 2 atom stereocenters. The zero-order valence-corrected chi connectivity index (χ0v) is 17.1. The molecule has 1 aliphatic rings. The van der Waals surface area contributed by atoms with E-state index in [1.807, 2.05) is 32.2 Å². The fourth-order valence-electron chi connectivity index (χ4n) is 2.83. The number of rotatable bonds is 7. The van der Waals surface area contributed by atoms with Crippen LogP contribution in [0.4, 0.5) is 0 Å². The van der Waals surface area contributed by atoms with E-state index in [2.05, 4.69) is 21.6 Å². The summed E-state index contributed by atoms with van der Waals surface area (Å²) in [5.74, 6) is 0.0179. The van der Waals surface area contributed by atoms with Gasteiger partial charge in [0.05, 0.1) is 19.3 Å². The molecule has 1 amide bonds. The molecule has 0 aromatic heterocycles. The number of benzene rings is 1. The maximum absolute atomic E-state index is 12.2. The van der Waals surface area contributed by atoms with Crippen LogP contribution in [0, 0.1) is 5.92 Å². The minimum atomic E-state index is -0.0512. The van der Waals surface area contributed by atoms with E-state index < -0.39 is 0 Å². The highest BCUT2D eigenvalue weighted by molar-refractivity contribution is 6.30. The number of carbonyl (C=O) groups excluding carboxylic acids is 1. The summed E-state index contributed by atoms with van der Waals surface area (Å²) in [6.45, 7) is 6.34. The summed E-state index contributed by atoms with van der Waals surface area (Å²) in [6.07, 6.45) is 0. The smallest absolute Gasteiger partial charge is 0.224 e. The van der Waals surface area contributed by atoms with Crippen molar-refractivity contribution in [1.82, 2.24) is 15.5 Å². The van der Waals surface area contributed by atoms with Crippen LogP contribution in [0.3, 0.4) is 0 Å². The van der Waals surface area contributed by atoms with Crippen molar-refractivity contribution < 1.29 is 9.53 Å². The summed E-state index contributed by atoms with van der Waals surface area (Å²) in [5.41, 5.74) is 1.13. The Kier molecular flexibility index (Phi) is 12.5. The van der Waals surface area contributed by atoms with E-state index in [0.29, 0.717) is 13.1 Å². The number of amides is 1. The van der Waals surface area contributed by atoms with Gasteiger partial charge in [-0.25, -0.2) is 0 Å². The molecule has 2 N–H and O–H groups in total. The van der Waals surface area contributed by atoms with Crippen molar-refractivity contribution in [3.05, 3.63) is 34.9 Å². The quantitative estimate of drug-likeness (QED) is 0.722. The van der Waals surface area contributed by atoms with Crippen LogP contribution in [0.5, 0.6) is 0 Å². The van der Waals surface area contributed by atoms with Gasteiger partial charge in [0.2, 0.25) is 5.91 Å². The molecule has 2 unspecified atom stereocenters. The Labute approximate surface area is 167 Å². The van der Waals surface area contributed by atoms with Gasteiger partial charge in [-0.15, -0.1) is 24.8 Å². The van der Waals surface area contributed by atoms with E-state index in [1.54, 1.807) is 0 Å². The van der Waals surface area contributed by atoms with E-state index >= 15 is 0 Å². The molecule has 8 heteroatoms. The molecule has 0 radical (unpaired) electrons. The summed E-state index contributed by atoms with van der Waals surface area (Å²) >= 11 is 6.14. The molecule has 1 aliphatic heterocycles. The van der Waals surface area contributed by atoms with Crippen LogP contribution < -0.4 is 10.6 Å². The lowest BCUT2D eigenvalue weighted by Gasteiger charge is -2.35. The summed E-state index contributed by atoms with van der Waals surface area (Å²) in [6, 6.07) is 7.98. The number of hydrogen-bond donors (Lipinski definition) is 2. The third kappa shape index (κ3) is 7.69. The molecule has 1 aromatic carbocycles. The number of hydrogen-bond acceptors (Lipinski definition) is 4. The lowest BCUT2D eigenvalue weighted by Crippen LogP contribution is -2.45. The highest BCUT2D eigenvalue weighted by Gasteiger charge is 2.24. The molecule has 0 aliphatic carbocycles. The topological polar surface area (TPSA) is 53.6 Å². The van der Waals surface area contributed by atoms with Crippen molar-refractivity contribution in [2.45, 2.75) is 13.0 Å². The zero-order chi connectivity index (χ0) is 16.7. The van der Waals surface area contributed by atoms with Crippen molar-refractivity contribution in [1.29, 1.82) is 0 Å². The Balaban J connectivity index is 0.00000288. The highest BCUT2D eigenvalue weighted by atomic mass is 35.5. The average molecular weight is 413 g/mol. The second-order valence-electron chi connectivity index (χ2n) is 5.92. The minimum absolute atomic E-state index is 0. The van der Waals surface area contributed by atoms with Crippen LogP contribution in [0.15, 0.2) is 24.3 Å². The van der Waals surface area contributed by atoms with Crippen molar-refractivity contribution in [2.75, 3.05) is 46.4 Å². The SMILES string of the molecule is CNCC(C)C(=O)NCC(c1cccc(Cl)c1)N1CCOCC1.Cl.Cl. The van der Waals surface area contributed by atoms with Gasteiger partial charge in [-0.3, -0.25) is 9.69 Å². The van der Waals surface area contributed by atoms with Gasteiger partial charge in [-0.1, -0.05) is 30.7 Å². The van der Waals surface area contributed by atoms with Crippen molar-refractivity contribution in [2.24, 2.45) is 5.92 Å². The van der Waals surface area contributed by atoms with Gasteiger partial charge in [-0.05, 0) is 24.7 Å². The maximum atomic E-state index is 12.2. The first-order valence-corrected chi connectivity index (χ1v) is 8.49. The van der Waals surface area contributed by atoms with E-state index in [9.17, 15) is 4.79 Å². The van der Waals surface area contributed by atoms with E-state index in [-0.39, 0.29) is 42.7 Å². The fraction of sp³-hybridized carbons (Fsp3) is 0.588. The minimum Gasteiger partial charge on any atom is -0.379 e. The molecule has 1 saturated heterocycles. The molecule has 1 aromatic rings. The van der Waals surface area contributed by atoms with E-state index in [0.717, 1.165) is 36.9 Å².